The van der Waals surface area contributed by atoms with Crippen molar-refractivity contribution in [1.82, 2.24) is 4.98 Å². The first kappa shape index (κ1) is 19.9. The van der Waals surface area contributed by atoms with Crippen molar-refractivity contribution in [2.24, 2.45) is 0 Å². The van der Waals surface area contributed by atoms with Crippen molar-refractivity contribution in [3.8, 4) is 5.88 Å². The van der Waals surface area contributed by atoms with E-state index in [1.165, 1.54) is 0 Å². The summed E-state index contributed by atoms with van der Waals surface area (Å²) in [5.74, 6) is 0.430. The molecule has 0 atom stereocenters. The molecular formula is C25H21ClN2O2. The quantitative estimate of drug-likeness (QED) is 0.361. The van der Waals surface area contributed by atoms with Gasteiger partial charge in [0.15, 0.2) is 5.78 Å². The van der Waals surface area contributed by atoms with E-state index in [4.69, 9.17) is 16.3 Å². The number of ether oxygens (including phenoxy) is 1. The Morgan fingerprint density at radius 3 is 2.57 bits per heavy atom. The number of aryl methyl sites for hydroxylation is 1. The van der Waals surface area contributed by atoms with Crippen molar-refractivity contribution < 1.29 is 9.53 Å². The topological polar surface area (TPSA) is 51.2 Å². The fourth-order valence-electron chi connectivity index (χ4n) is 3.41. The van der Waals surface area contributed by atoms with Crippen molar-refractivity contribution in [3.05, 3.63) is 94.6 Å². The first-order valence-corrected chi connectivity index (χ1v) is 10.1. The number of ketones is 1. The molecule has 0 aliphatic carbocycles. The standard InChI is InChI=1S/C25H21ClN2O2/c1-3-30-25-23(20-11-7-5-9-17(20)15-27-25)28-18-12-13-21(22(26)14-18)24(29)19-10-6-4-8-16(19)2/h4-15,28H,3H2,1-2H3. The molecule has 150 valence electrons. The zero-order valence-corrected chi connectivity index (χ0v) is 17.5. The fourth-order valence-corrected chi connectivity index (χ4v) is 3.67. The van der Waals surface area contributed by atoms with Gasteiger partial charge in [-0.25, -0.2) is 4.98 Å². The summed E-state index contributed by atoms with van der Waals surface area (Å²) in [4.78, 5) is 17.4. The Labute approximate surface area is 180 Å². The summed E-state index contributed by atoms with van der Waals surface area (Å²) >= 11 is 6.50. The molecule has 0 bridgehead atoms. The third-order valence-corrected chi connectivity index (χ3v) is 5.23. The molecule has 5 heteroatoms. The van der Waals surface area contributed by atoms with Crippen molar-refractivity contribution in [3.63, 3.8) is 0 Å². The lowest BCUT2D eigenvalue weighted by atomic mass is 9.99. The van der Waals surface area contributed by atoms with Crippen LogP contribution in [0.1, 0.15) is 28.4 Å². The smallest absolute Gasteiger partial charge is 0.238 e. The summed E-state index contributed by atoms with van der Waals surface area (Å²) in [6, 6.07) is 20.8. The third-order valence-electron chi connectivity index (χ3n) is 4.92. The highest BCUT2D eigenvalue weighted by atomic mass is 35.5. The number of aromatic nitrogens is 1. The summed E-state index contributed by atoms with van der Waals surface area (Å²) in [5.41, 5.74) is 3.56. The molecule has 1 aromatic heterocycles. The van der Waals surface area contributed by atoms with Crippen LogP contribution in [0.15, 0.2) is 72.9 Å². The molecule has 0 saturated heterocycles. The Kier molecular flexibility index (Phi) is 5.68. The van der Waals surface area contributed by atoms with Crippen molar-refractivity contribution in [2.75, 3.05) is 11.9 Å². The highest BCUT2D eigenvalue weighted by Crippen LogP contribution is 2.35. The molecule has 30 heavy (non-hydrogen) atoms. The number of hydrogen-bond acceptors (Lipinski definition) is 4. The fraction of sp³-hybridized carbons (Fsp3) is 0.120. The minimum absolute atomic E-state index is 0.0912. The van der Waals surface area contributed by atoms with E-state index in [0.717, 1.165) is 27.7 Å². The predicted octanol–water partition coefficient (Wildman–Crippen LogP) is 6.57. The molecule has 4 nitrogen and oxygen atoms in total. The summed E-state index contributed by atoms with van der Waals surface area (Å²) in [6.07, 6.45) is 1.79. The van der Waals surface area contributed by atoms with Gasteiger partial charge < -0.3 is 10.1 Å². The maximum absolute atomic E-state index is 12.9. The molecule has 1 N–H and O–H groups in total. The van der Waals surface area contributed by atoms with Crippen molar-refractivity contribution in [1.29, 1.82) is 0 Å². The average molecular weight is 417 g/mol. The van der Waals surface area contributed by atoms with Crippen LogP contribution in [0.25, 0.3) is 10.8 Å². The Morgan fingerprint density at radius 2 is 1.80 bits per heavy atom. The van der Waals surface area contributed by atoms with E-state index in [0.29, 0.717) is 28.6 Å². The van der Waals surface area contributed by atoms with Gasteiger partial charge in [-0.15, -0.1) is 0 Å². The minimum Gasteiger partial charge on any atom is -0.476 e. The van der Waals surface area contributed by atoms with Crippen LogP contribution in [-0.2, 0) is 0 Å². The minimum atomic E-state index is -0.0912. The monoisotopic (exact) mass is 416 g/mol. The maximum Gasteiger partial charge on any atom is 0.238 e. The lowest BCUT2D eigenvalue weighted by molar-refractivity contribution is 0.103. The zero-order valence-electron chi connectivity index (χ0n) is 16.8. The van der Waals surface area contributed by atoms with Crippen LogP contribution in [0.5, 0.6) is 5.88 Å². The van der Waals surface area contributed by atoms with Crippen LogP contribution >= 0.6 is 11.6 Å². The number of nitrogens with one attached hydrogen (secondary N) is 1. The normalized spacial score (nSPS) is 10.8. The molecule has 0 radical (unpaired) electrons. The zero-order chi connectivity index (χ0) is 21.1. The van der Waals surface area contributed by atoms with E-state index in [9.17, 15) is 4.79 Å². The van der Waals surface area contributed by atoms with Gasteiger partial charge in [0.05, 0.1) is 11.6 Å². The van der Waals surface area contributed by atoms with Crippen molar-refractivity contribution >= 4 is 39.5 Å². The SMILES string of the molecule is CCOc1ncc2ccccc2c1Nc1ccc(C(=O)c2ccccc2C)c(Cl)c1. The Balaban J connectivity index is 1.70. The van der Waals surface area contributed by atoms with Gasteiger partial charge in [0.1, 0.15) is 5.69 Å². The number of hydrogen-bond donors (Lipinski definition) is 1. The van der Waals surface area contributed by atoms with Gasteiger partial charge >= 0.3 is 0 Å². The number of pyridine rings is 1. The average Bonchev–Trinajstić information content (AvgIpc) is 2.75. The van der Waals surface area contributed by atoms with E-state index in [2.05, 4.69) is 10.3 Å². The molecule has 0 saturated carbocycles. The van der Waals surface area contributed by atoms with Crippen LogP contribution in [0.3, 0.4) is 0 Å². The third kappa shape index (κ3) is 3.87. The second-order valence-corrected chi connectivity index (χ2v) is 7.33. The summed E-state index contributed by atoms with van der Waals surface area (Å²) in [6.45, 7) is 4.34. The highest BCUT2D eigenvalue weighted by molar-refractivity contribution is 6.35. The molecular weight excluding hydrogens is 396 g/mol. The molecule has 4 aromatic rings. The summed E-state index contributed by atoms with van der Waals surface area (Å²) in [7, 11) is 0. The predicted molar refractivity (Wildman–Crippen MR) is 122 cm³/mol. The van der Waals surface area contributed by atoms with Crippen molar-refractivity contribution in [2.45, 2.75) is 13.8 Å². The number of nitrogens with zero attached hydrogens (tertiary/aromatic N) is 1. The van der Waals surface area contributed by atoms with Crippen LogP contribution < -0.4 is 10.1 Å². The molecule has 3 aromatic carbocycles. The van der Waals surface area contributed by atoms with Gasteiger partial charge in [-0.1, -0.05) is 60.1 Å². The second kappa shape index (κ2) is 8.56. The number of anilines is 2. The van der Waals surface area contributed by atoms with Gasteiger partial charge in [0.25, 0.3) is 0 Å². The Morgan fingerprint density at radius 1 is 1.03 bits per heavy atom. The van der Waals surface area contributed by atoms with E-state index in [-0.39, 0.29) is 5.78 Å². The Hall–Kier alpha value is -3.37. The van der Waals surface area contributed by atoms with E-state index >= 15 is 0 Å². The molecule has 0 spiro atoms. The number of rotatable bonds is 6. The summed E-state index contributed by atoms with van der Waals surface area (Å²) in [5, 5.41) is 5.76. The van der Waals surface area contributed by atoms with E-state index in [1.54, 1.807) is 18.3 Å². The van der Waals surface area contributed by atoms with E-state index < -0.39 is 0 Å². The van der Waals surface area contributed by atoms with Crippen LogP contribution in [0.4, 0.5) is 11.4 Å². The second-order valence-electron chi connectivity index (χ2n) is 6.92. The first-order valence-electron chi connectivity index (χ1n) is 9.76. The first-order chi connectivity index (χ1) is 14.6. The van der Waals surface area contributed by atoms with Gasteiger partial charge in [-0.3, -0.25) is 4.79 Å². The van der Waals surface area contributed by atoms with Crippen LogP contribution in [0.2, 0.25) is 5.02 Å². The van der Waals surface area contributed by atoms with Crippen LogP contribution in [-0.4, -0.2) is 17.4 Å². The number of carbonyl (C=O) groups is 1. The molecule has 0 amide bonds. The summed E-state index contributed by atoms with van der Waals surface area (Å²) < 4.78 is 5.72. The van der Waals surface area contributed by atoms with E-state index in [1.807, 2.05) is 68.4 Å². The van der Waals surface area contributed by atoms with Gasteiger partial charge in [0, 0.05) is 33.8 Å². The Bertz CT molecular complexity index is 1240. The molecule has 0 unspecified atom stereocenters. The molecule has 0 fully saturated rings. The maximum atomic E-state index is 12.9. The lowest BCUT2D eigenvalue weighted by Crippen LogP contribution is -2.05. The number of halogens is 1. The molecule has 0 aliphatic rings. The van der Waals surface area contributed by atoms with Gasteiger partial charge in [-0.2, -0.15) is 0 Å². The molecule has 0 aliphatic heterocycles. The number of fused-ring (bicyclic) bond motifs is 1. The molecule has 1 heterocycles. The highest BCUT2D eigenvalue weighted by Gasteiger charge is 2.16. The largest absolute Gasteiger partial charge is 0.476 e. The molecule has 4 rings (SSSR count). The van der Waals surface area contributed by atoms with Gasteiger partial charge in [0.2, 0.25) is 5.88 Å². The van der Waals surface area contributed by atoms with Crippen LogP contribution in [0, 0.1) is 6.92 Å². The lowest BCUT2D eigenvalue weighted by Gasteiger charge is -2.15. The number of benzene rings is 3. The van der Waals surface area contributed by atoms with Gasteiger partial charge in [-0.05, 0) is 37.6 Å². The number of carbonyl (C=O) groups excluding carboxylic acids is 1.